The molecule has 0 radical (unpaired) electrons. The summed E-state index contributed by atoms with van der Waals surface area (Å²) in [6.45, 7) is 0. The minimum absolute atomic E-state index is 0.119. The normalized spacial score (nSPS) is 13.2. The Balaban J connectivity index is 1.41. The molecular weight excluding hydrogens is 569 g/mol. The maximum Gasteiger partial charge on any atom is 0.283 e. The number of hydrogen-bond acceptors (Lipinski definition) is 5. The summed E-state index contributed by atoms with van der Waals surface area (Å²) in [4.78, 5) is 41.2. The molecule has 38 heavy (non-hydrogen) atoms. The van der Waals surface area contributed by atoms with Crippen molar-refractivity contribution < 1.29 is 18.8 Å². The molecule has 2 N–H and O–H groups in total. The van der Waals surface area contributed by atoms with Crippen LogP contribution in [0.5, 0.6) is 0 Å². The summed E-state index contributed by atoms with van der Waals surface area (Å²) in [6.07, 6.45) is 0. The molecule has 5 rings (SSSR count). The SMILES string of the molecule is O=C(Nc1ccc(SC2=C(Nc3ccc(Br)cc3)C(=O)N(c3ccc(F)cc3)C2=O)cc1)c1ccccc1. The molecule has 0 atom stereocenters. The van der Waals surface area contributed by atoms with Gasteiger partial charge in [0.05, 0.1) is 5.69 Å². The van der Waals surface area contributed by atoms with Crippen LogP contribution in [0.3, 0.4) is 0 Å². The second kappa shape index (κ2) is 11.0. The number of rotatable bonds is 7. The van der Waals surface area contributed by atoms with Crippen LogP contribution >= 0.6 is 27.7 Å². The summed E-state index contributed by atoms with van der Waals surface area (Å²) >= 11 is 4.51. The smallest absolute Gasteiger partial charge is 0.283 e. The first-order valence-electron chi connectivity index (χ1n) is 11.4. The summed E-state index contributed by atoms with van der Waals surface area (Å²) in [7, 11) is 0. The fraction of sp³-hybridized carbons (Fsp3) is 0. The van der Waals surface area contributed by atoms with Crippen molar-refractivity contribution in [3.63, 3.8) is 0 Å². The largest absolute Gasteiger partial charge is 0.350 e. The van der Waals surface area contributed by atoms with E-state index in [-0.39, 0.29) is 22.2 Å². The number of carbonyl (C=O) groups is 3. The highest BCUT2D eigenvalue weighted by Gasteiger charge is 2.40. The van der Waals surface area contributed by atoms with Crippen molar-refractivity contribution in [2.24, 2.45) is 0 Å². The predicted molar refractivity (Wildman–Crippen MR) is 150 cm³/mol. The monoisotopic (exact) mass is 587 g/mol. The number of anilines is 3. The lowest BCUT2D eigenvalue weighted by Gasteiger charge is -2.15. The van der Waals surface area contributed by atoms with Crippen LogP contribution < -0.4 is 15.5 Å². The molecule has 9 heteroatoms. The summed E-state index contributed by atoms with van der Waals surface area (Å²) in [6, 6.07) is 28.2. The maximum absolute atomic E-state index is 13.5. The third-order valence-corrected chi connectivity index (χ3v) is 7.23. The summed E-state index contributed by atoms with van der Waals surface area (Å²) in [5, 5.41) is 5.92. The van der Waals surface area contributed by atoms with Gasteiger partial charge in [0.15, 0.2) is 0 Å². The highest BCUT2D eigenvalue weighted by atomic mass is 79.9. The minimum atomic E-state index is -0.543. The van der Waals surface area contributed by atoms with Crippen molar-refractivity contribution >= 4 is 62.5 Å². The quantitative estimate of drug-likeness (QED) is 0.232. The Bertz CT molecular complexity index is 1540. The second-order valence-corrected chi connectivity index (χ2v) is 10.2. The van der Waals surface area contributed by atoms with E-state index in [2.05, 4.69) is 26.6 Å². The van der Waals surface area contributed by atoms with Crippen molar-refractivity contribution in [3.8, 4) is 0 Å². The molecule has 4 aromatic rings. The van der Waals surface area contributed by atoms with Gasteiger partial charge in [0, 0.05) is 26.3 Å². The highest BCUT2D eigenvalue weighted by molar-refractivity contribution is 9.10. The highest BCUT2D eigenvalue weighted by Crippen LogP contribution is 2.38. The van der Waals surface area contributed by atoms with E-state index < -0.39 is 17.6 Å². The maximum atomic E-state index is 13.5. The molecule has 0 saturated carbocycles. The van der Waals surface area contributed by atoms with E-state index in [1.165, 1.54) is 24.3 Å². The number of imide groups is 1. The molecule has 1 heterocycles. The van der Waals surface area contributed by atoms with Crippen LogP contribution in [-0.2, 0) is 9.59 Å². The number of carbonyl (C=O) groups excluding carboxylic acids is 3. The molecule has 1 aliphatic heterocycles. The molecule has 0 aliphatic carbocycles. The molecule has 0 saturated heterocycles. The number of amides is 3. The minimum Gasteiger partial charge on any atom is -0.350 e. The van der Waals surface area contributed by atoms with E-state index in [4.69, 9.17) is 0 Å². The van der Waals surface area contributed by atoms with Gasteiger partial charge < -0.3 is 10.6 Å². The van der Waals surface area contributed by atoms with Crippen molar-refractivity contribution in [2.75, 3.05) is 15.5 Å². The Morgan fingerprint density at radius 2 is 1.39 bits per heavy atom. The topological polar surface area (TPSA) is 78.5 Å². The Kier molecular flexibility index (Phi) is 7.39. The molecule has 188 valence electrons. The molecule has 4 aromatic carbocycles. The van der Waals surface area contributed by atoms with Gasteiger partial charge in [0.25, 0.3) is 17.7 Å². The average molecular weight is 588 g/mol. The lowest BCUT2D eigenvalue weighted by atomic mass is 10.2. The Morgan fingerprint density at radius 1 is 0.763 bits per heavy atom. The van der Waals surface area contributed by atoms with E-state index in [1.54, 1.807) is 60.7 Å². The molecule has 0 unspecified atom stereocenters. The molecule has 0 spiro atoms. The number of nitrogens with zero attached hydrogens (tertiary/aromatic N) is 1. The van der Waals surface area contributed by atoms with Crippen LogP contribution in [0.15, 0.2) is 123 Å². The Morgan fingerprint density at radius 3 is 2.05 bits per heavy atom. The van der Waals surface area contributed by atoms with Gasteiger partial charge in [-0.2, -0.15) is 0 Å². The van der Waals surface area contributed by atoms with Crippen molar-refractivity contribution in [1.82, 2.24) is 0 Å². The molecule has 1 aliphatic rings. The number of hydrogen-bond donors (Lipinski definition) is 2. The number of halogens is 2. The van der Waals surface area contributed by atoms with Gasteiger partial charge in [0.2, 0.25) is 0 Å². The molecule has 0 aromatic heterocycles. The molecule has 6 nitrogen and oxygen atoms in total. The Hall–Kier alpha value is -4.21. The van der Waals surface area contributed by atoms with E-state index in [0.717, 1.165) is 21.1 Å². The van der Waals surface area contributed by atoms with Crippen LogP contribution in [0.25, 0.3) is 0 Å². The van der Waals surface area contributed by atoms with Gasteiger partial charge >= 0.3 is 0 Å². The third kappa shape index (κ3) is 5.53. The number of thioether (sulfide) groups is 1. The van der Waals surface area contributed by atoms with Gasteiger partial charge in [-0.15, -0.1) is 0 Å². The second-order valence-electron chi connectivity index (χ2n) is 8.20. The predicted octanol–water partition coefficient (Wildman–Crippen LogP) is 6.83. The van der Waals surface area contributed by atoms with Crippen molar-refractivity contribution in [2.45, 2.75) is 4.90 Å². The first-order valence-corrected chi connectivity index (χ1v) is 13.1. The van der Waals surface area contributed by atoms with Crippen LogP contribution in [0.1, 0.15) is 10.4 Å². The molecule has 0 fully saturated rings. The first-order chi connectivity index (χ1) is 18.4. The zero-order valence-electron chi connectivity index (χ0n) is 19.7. The van der Waals surface area contributed by atoms with Crippen molar-refractivity contribution in [3.05, 3.63) is 130 Å². The third-order valence-electron chi connectivity index (χ3n) is 5.61. The first kappa shape index (κ1) is 25.4. The number of nitrogens with one attached hydrogen (secondary N) is 2. The van der Waals surface area contributed by atoms with Gasteiger partial charge in [-0.3, -0.25) is 14.4 Å². The van der Waals surface area contributed by atoms with Crippen LogP contribution in [0, 0.1) is 5.82 Å². The standard InChI is InChI=1S/C29H19BrFN3O3S/c30-19-6-10-21(11-7-19)32-25-26(29(37)34(28(25)36)23-14-8-20(31)9-15-23)38-24-16-12-22(13-17-24)33-27(35)18-4-2-1-3-5-18/h1-17,32H,(H,33,35). The summed E-state index contributed by atoms with van der Waals surface area (Å²) in [5.74, 6) is -1.77. The fourth-order valence-corrected chi connectivity index (χ4v) is 4.92. The lowest BCUT2D eigenvalue weighted by molar-refractivity contribution is -0.120. The fourth-order valence-electron chi connectivity index (χ4n) is 3.73. The zero-order valence-corrected chi connectivity index (χ0v) is 22.1. The zero-order chi connectivity index (χ0) is 26.6. The van der Waals surface area contributed by atoms with Gasteiger partial charge in [-0.25, -0.2) is 9.29 Å². The molecule has 0 bridgehead atoms. The van der Waals surface area contributed by atoms with E-state index in [1.807, 2.05) is 18.2 Å². The average Bonchev–Trinajstić information content (AvgIpc) is 3.16. The van der Waals surface area contributed by atoms with E-state index in [0.29, 0.717) is 21.8 Å². The molecular formula is C29H19BrFN3O3S. The van der Waals surface area contributed by atoms with Crippen LogP contribution in [0.2, 0.25) is 0 Å². The van der Waals surface area contributed by atoms with Crippen molar-refractivity contribution in [1.29, 1.82) is 0 Å². The number of benzene rings is 4. The van der Waals surface area contributed by atoms with Gasteiger partial charge in [-0.1, -0.05) is 45.9 Å². The lowest BCUT2D eigenvalue weighted by Crippen LogP contribution is -2.32. The Labute approximate surface area is 230 Å². The van der Waals surface area contributed by atoms with E-state index in [9.17, 15) is 18.8 Å². The van der Waals surface area contributed by atoms with Gasteiger partial charge in [-0.05, 0) is 84.9 Å². The van der Waals surface area contributed by atoms with Gasteiger partial charge in [0.1, 0.15) is 16.4 Å². The summed E-state index contributed by atoms with van der Waals surface area (Å²) < 4.78 is 14.4. The molecule has 3 amide bonds. The van der Waals surface area contributed by atoms with Crippen LogP contribution in [0.4, 0.5) is 21.5 Å². The summed E-state index contributed by atoms with van der Waals surface area (Å²) in [5.41, 5.74) is 2.14. The van der Waals surface area contributed by atoms with E-state index >= 15 is 0 Å². The van der Waals surface area contributed by atoms with Crippen LogP contribution in [-0.4, -0.2) is 17.7 Å².